The normalized spacial score (nSPS) is 13.5. The molecule has 0 saturated carbocycles. The molecule has 3 rings (SSSR count). The van der Waals surface area contributed by atoms with Gasteiger partial charge in [-0.3, -0.25) is 4.90 Å². The summed E-state index contributed by atoms with van der Waals surface area (Å²) >= 11 is 5.38. The maximum atomic E-state index is 5.48. The molecule has 4 nitrogen and oxygen atoms in total. The lowest BCUT2D eigenvalue weighted by Crippen LogP contribution is -2.34. The zero-order chi connectivity index (χ0) is 18.9. The summed E-state index contributed by atoms with van der Waals surface area (Å²) in [5.41, 5.74) is 3.92. The second-order valence-corrected chi connectivity index (χ2v) is 7.06. The third kappa shape index (κ3) is 6.08. The van der Waals surface area contributed by atoms with Gasteiger partial charge in [0.05, 0.1) is 0 Å². The summed E-state index contributed by atoms with van der Waals surface area (Å²) < 4.78 is 5.48. The Morgan fingerprint density at radius 3 is 2.70 bits per heavy atom. The summed E-state index contributed by atoms with van der Waals surface area (Å²) in [6.07, 6.45) is 3.95. The quantitative estimate of drug-likeness (QED) is 0.411. The molecule has 27 heavy (non-hydrogen) atoms. The van der Waals surface area contributed by atoms with E-state index in [-0.39, 0.29) is 0 Å². The Hall–Kier alpha value is -2.37. The summed E-state index contributed by atoms with van der Waals surface area (Å²) in [5.74, 6) is 0.822. The number of anilines is 1. The van der Waals surface area contributed by atoms with E-state index in [9.17, 15) is 0 Å². The van der Waals surface area contributed by atoms with Gasteiger partial charge in [-0.15, -0.1) is 0 Å². The highest BCUT2D eigenvalue weighted by Crippen LogP contribution is 2.18. The number of nitrogens with one attached hydrogen (secondary N) is 2. The second kappa shape index (κ2) is 10.1. The molecule has 1 aliphatic rings. The number of benzene rings is 2. The molecule has 0 radical (unpaired) electrons. The van der Waals surface area contributed by atoms with Crippen LogP contribution in [0.15, 0.2) is 61.2 Å². The van der Waals surface area contributed by atoms with Crippen LogP contribution in [0.25, 0.3) is 0 Å². The van der Waals surface area contributed by atoms with Gasteiger partial charge in [0.2, 0.25) is 0 Å². The number of rotatable bonds is 8. The van der Waals surface area contributed by atoms with Crippen LogP contribution in [0.4, 0.5) is 5.69 Å². The Balaban J connectivity index is 1.33. The number of thiocarbonyl (C=S) groups is 1. The van der Waals surface area contributed by atoms with Crippen molar-refractivity contribution >= 4 is 23.0 Å². The number of hydrogen-bond acceptors (Lipinski definition) is 3. The lowest BCUT2D eigenvalue weighted by atomic mass is 10.00. The zero-order valence-electron chi connectivity index (χ0n) is 15.6. The van der Waals surface area contributed by atoms with Gasteiger partial charge < -0.3 is 15.4 Å². The fourth-order valence-electron chi connectivity index (χ4n) is 3.21. The molecular weight excluding hydrogens is 354 g/mol. The Bertz CT molecular complexity index is 760. The smallest absolute Gasteiger partial charge is 0.170 e. The topological polar surface area (TPSA) is 36.5 Å². The molecule has 0 aromatic heterocycles. The molecule has 1 aliphatic heterocycles. The average Bonchev–Trinajstić information content (AvgIpc) is 2.70. The third-order valence-electron chi connectivity index (χ3n) is 4.63. The highest BCUT2D eigenvalue weighted by molar-refractivity contribution is 7.80. The second-order valence-electron chi connectivity index (χ2n) is 6.65. The van der Waals surface area contributed by atoms with Gasteiger partial charge in [-0.1, -0.05) is 36.9 Å². The van der Waals surface area contributed by atoms with E-state index < -0.39 is 0 Å². The van der Waals surface area contributed by atoms with Gasteiger partial charge in [-0.05, 0) is 60.5 Å². The fraction of sp³-hybridized carbons (Fsp3) is 0.318. The first-order chi connectivity index (χ1) is 13.2. The van der Waals surface area contributed by atoms with Crippen molar-refractivity contribution < 1.29 is 4.74 Å². The van der Waals surface area contributed by atoms with Crippen LogP contribution < -0.4 is 15.4 Å². The van der Waals surface area contributed by atoms with Crippen molar-refractivity contribution in [1.29, 1.82) is 0 Å². The van der Waals surface area contributed by atoms with Gasteiger partial charge in [-0.25, -0.2) is 0 Å². The number of ether oxygens (including phenoxy) is 1. The van der Waals surface area contributed by atoms with Crippen LogP contribution >= 0.6 is 12.2 Å². The Labute approximate surface area is 167 Å². The van der Waals surface area contributed by atoms with Crippen LogP contribution in [0.3, 0.4) is 0 Å². The minimum absolute atomic E-state index is 0.509. The maximum absolute atomic E-state index is 5.48. The molecule has 0 bridgehead atoms. The van der Waals surface area contributed by atoms with Crippen molar-refractivity contribution in [1.82, 2.24) is 10.2 Å². The minimum atomic E-state index is 0.509. The first kappa shape index (κ1) is 19.4. The number of nitrogens with zero attached hydrogens (tertiary/aromatic N) is 1. The van der Waals surface area contributed by atoms with Gasteiger partial charge in [0, 0.05) is 31.9 Å². The van der Waals surface area contributed by atoms with Crippen molar-refractivity contribution in [2.24, 2.45) is 0 Å². The van der Waals surface area contributed by atoms with Gasteiger partial charge in [0.1, 0.15) is 12.4 Å². The molecule has 0 saturated heterocycles. The number of hydrogen-bond donors (Lipinski definition) is 2. The average molecular weight is 382 g/mol. The highest BCUT2D eigenvalue weighted by atomic mass is 32.1. The number of fused-ring (bicyclic) bond motifs is 1. The summed E-state index contributed by atoms with van der Waals surface area (Å²) in [5, 5.41) is 7.15. The lowest BCUT2D eigenvalue weighted by molar-refractivity contribution is 0.251. The summed E-state index contributed by atoms with van der Waals surface area (Å²) in [6, 6.07) is 16.5. The summed E-state index contributed by atoms with van der Waals surface area (Å²) in [7, 11) is 0. The lowest BCUT2D eigenvalue weighted by Gasteiger charge is -2.28. The molecule has 0 unspecified atom stereocenters. The highest BCUT2D eigenvalue weighted by Gasteiger charge is 2.14. The zero-order valence-corrected chi connectivity index (χ0v) is 16.4. The SMILES string of the molecule is C=CCOc1ccc(NC(=S)NCCCN2CCc3ccccc3C2)cc1. The van der Waals surface area contributed by atoms with Crippen molar-refractivity contribution in [3.05, 3.63) is 72.3 Å². The van der Waals surface area contributed by atoms with E-state index in [1.807, 2.05) is 24.3 Å². The van der Waals surface area contributed by atoms with Crippen LogP contribution in [-0.4, -0.2) is 36.3 Å². The van der Waals surface area contributed by atoms with Crippen LogP contribution in [0.5, 0.6) is 5.75 Å². The maximum Gasteiger partial charge on any atom is 0.170 e. The predicted molar refractivity (Wildman–Crippen MR) is 116 cm³/mol. The summed E-state index contributed by atoms with van der Waals surface area (Å²) in [6.45, 7) is 8.29. The van der Waals surface area contributed by atoms with Crippen molar-refractivity contribution in [2.75, 3.05) is 31.6 Å². The van der Waals surface area contributed by atoms with Gasteiger partial charge in [0.15, 0.2) is 5.11 Å². The fourth-order valence-corrected chi connectivity index (χ4v) is 3.43. The minimum Gasteiger partial charge on any atom is -0.490 e. The van der Waals surface area contributed by atoms with E-state index in [0.29, 0.717) is 11.7 Å². The molecule has 0 spiro atoms. The van der Waals surface area contributed by atoms with Gasteiger partial charge in [0.25, 0.3) is 0 Å². The van der Waals surface area contributed by atoms with Gasteiger partial charge >= 0.3 is 0 Å². The molecule has 142 valence electrons. The molecule has 2 N–H and O–H groups in total. The van der Waals surface area contributed by atoms with E-state index in [2.05, 4.69) is 46.4 Å². The van der Waals surface area contributed by atoms with Crippen molar-refractivity contribution in [3.63, 3.8) is 0 Å². The Kier molecular flexibility index (Phi) is 7.25. The molecule has 0 amide bonds. The molecule has 0 aliphatic carbocycles. The molecule has 1 heterocycles. The molecule has 2 aromatic carbocycles. The van der Waals surface area contributed by atoms with Crippen LogP contribution in [-0.2, 0) is 13.0 Å². The van der Waals surface area contributed by atoms with Crippen LogP contribution in [0, 0.1) is 0 Å². The van der Waals surface area contributed by atoms with E-state index in [1.54, 1.807) is 6.08 Å². The van der Waals surface area contributed by atoms with Gasteiger partial charge in [-0.2, -0.15) is 0 Å². The molecular formula is C22H27N3OS. The standard InChI is InChI=1S/C22H27N3OS/c1-2-16-26-21-10-8-20(9-11-21)24-22(27)23-13-5-14-25-15-12-18-6-3-4-7-19(18)17-25/h2-4,6-11H,1,5,12-17H2,(H2,23,24,27). The monoisotopic (exact) mass is 381 g/mol. The Morgan fingerprint density at radius 2 is 1.93 bits per heavy atom. The molecule has 2 aromatic rings. The third-order valence-corrected chi connectivity index (χ3v) is 4.87. The van der Waals surface area contributed by atoms with E-state index in [0.717, 1.165) is 50.5 Å². The van der Waals surface area contributed by atoms with E-state index >= 15 is 0 Å². The predicted octanol–water partition coefficient (Wildman–Crippen LogP) is 3.99. The van der Waals surface area contributed by atoms with E-state index in [1.165, 1.54) is 11.1 Å². The Morgan fingerprint density at radius 1 is 1.15 bits per heavy atom. The first-order valence-corrected chi connectivity index (χ1v) is 9.83. The van der Waals surface area contributed by atoms with Crippen LogP contribution in [0.2, 0.25) is 0 Å². The van der Waals surface area contributed by atoms with Crippen LogP contribution in [0.1, 0.15) is 17.5 Å². The largest absolute Gasteiger partial charge is 0.490 e. The first-order valence-electron chi connectivity index (χ1n) is 9.42. The molecule has 5 heteroatoms. The molecule has 0 atom stereocenters. The van der Waals surface area contributed by atoms with Crippen molar-refractivity contribution in [3.8, 4) is 5.75 Å². The van der Waals surface area contributed by atoms with E-state index in [4.69, 9.17) is 17.0 Å². The van der Waals surface area contributed by atoms with Crippen molar-refractivity contribution in [2.45, 2.75) is 19.4 Å². The summed E-state index contributed by atoms with van der Waals surface area (Å²) in [4.78, 5) is 2.52. The molecule has 0 fully saturated rings.